The molecule has 0 spiro atoms. The van der Waals surface area contributed by atoms with Crippen LogP contribution in [0.2, 0.25) is 0 Å². The molecule has 0 saturated carbocycles. The third-order valence-electron chi connectivity index (χ3n) is 2.82. The quantitative estimate of drug-likeness (QED) is 0.779. The minimum absolute atomic E-state index is 0.0612. The summed E-state index contributed by atoms with van der Waals surface area (Å²) in [7, 11) is 3.19. The van der Waals surface area contributed by atoms with E-state index in [1.54, 1.807) is 32.3 Å². The zero-order chi connectivity index (χ0) is 16.3. The standard InChI is InChI=1S/C15H13F3N2OS/c1-20(2)14(22)21-13-10(12-8-3-4-9-19-12)6-5-7-11(13)15(16,17)18/h3-9H,1-2H3. The van der Waals surface area contributed by atoms with Gasteiger partial charge in [0.1, 0.15) is 0 Å². The second-order valence-electron chi connectivity index (χ2n) is 4.66. The molecule has 0 aliphatic rings. The van der Waals surface area contributed by atoms with E-state index in [4.69, 9.17) is 17.0 Å². The summed E-state index contributed by atoms with van der Waals surface area (Å²) in [6.45, 7) is 0. The molecule has 116 valence electrons. The number of rotatable bonds is 2. The van der Waals surface area contributed by atoms with E-state index in [-0.39, 0.29) is 16.5 Å². The number of ether oxygens (including phenoxy) is 1. The average Bonchev–Trinajstić information content (AvgIpc) is 2.47. The van der Waals surface area contributed by atoms with Crippen molar-refractivity contribution in [1.29, 1.82) is 0 Å². The minimum atomic E-state index is -4.55. The first kappa shape index (κ1) is 16.2. The number of benzene rings is 1. The van der Waals surface area contributed by atoms with Gasteiger partial charge in [0, 0.05) is 25.9 Å². The Bertz CT molecular complexity index is 672. The molecule has 1 aromatic heterocycles. The van der Waals surface area contributed by atoms with E-state index in [0.29, 0.717) is 5.69 Å². The van der Waals surface area contributed by atoms with Crippen LogP contribution in [0.1, 0.15) is 5.56 Å². The molecule has 3 nitrogen and oxygen atoms in total. The Morgan fingerprint density at radius 1 is 1.14 bits per heavy atom. The van der Waals surface area contributed by atoms with Crippen molar-refractivity contribution in [2.24, 2.45) is 0 Å². The lowest BCUT2D eigenvalue weighted by atomic mass is 10.0. The zero-order valence-corrected chi connectivity index (χ0v) is 12.7. The smallest absolute Gasteiger partial charge is 0.420 e. The van der Waals surface area contributed by atoms with Crippen LogP contribution in [0.5, 0.6) is 5.75 Å². The van der Waals surface area contributed by atoms with Gasteiger partial charge in [0.05, 0.1) is 11.3 Å². The second-order valence-corrected chi connectivity index (χ2v) is 5.01. The SMILES string of the molecule is CN(C)C(=S)Oc1c(-c2ccccn2)cccc1C(F)(F)F. The van der Waals surface area contributed by atoms with Gasteiger partial charge in [-0.25, -0.2) is 0 Å². The highest BCUT2D eigenvalue weighted by atomic mass is 32.1. The van der Waals surface area contributed by atoms with Crippen LogP contribution in [0, 0.1) is 0 Å². The van der Waals surface area contributed by atoms with Crippen molar-refractivity contribution >= 4 is 17.4 Å². The Morgan fingerprint density at radius 2 is 1.86 bits per heavy atom. The summed E-state index contributed by atoms with van der Waals surface area (Å²) in [6, 6.07) is 8.78. The van der Waals surface area contributed by atoms with Gasteiger partial charge in [0.25, 0.3) is 5.17 Å². The number of halogens is 3. The molecule has 22 heavy (non-hydrogen) atoms. The fourth-order valence-corrected chi connectivity index (χ4v) is 1.86. The zero-order valence-electron chi connectivity index (χ0n) is 11.9. The molecule has 0 atom stereocenters. The molecule has 7 heteroatoms. The van der Waals surface area contributed by atoms with E-state index < -0.39 is 11.7 Å². The summed E-state index contributed by atoms with van der Waals surface area (Å²) < 4.78 is 45.0. The van der Waals surface area contributed by atoms with Gasteiger partial charge in [-0.3, -0.25) is 4.98 Å². The first-order valence-corrected chi connectivity index (χ1v) is 6.72. The third kappa shape index (κ3) is 3.54. The van der Waals surface area contributed by atoms with Crippen LogP contribution in [0.15, 0.2) is 42.6 Å². The van der Waals surface area contributed by atoms with Gasteiger partial charge in [0.2, 0.25) is 0 Å². The van der Waals surface area contributed by atoms with Crippen LogP contribution in [-0.4, -0.2) is 29.2 Å². The third-order valence-corrected chi connectivity index (χ3v) is 3.26. The Hall–Kier alpha value is -2.15. The van der Waals surface area contributed by atoms with E-state index in [1.165, 1.54) is 23.2 Å². The molecule has 0 aliphatic heterocycles. The molecule has 0 N–H and O–H groups in total. The Kier molecular flexibility index (Phi) is 4.65. The van der Waals surface area contributed by atoms with Crippen LogP contribution in [0.4, 0.5) is 13.2 Å². The summed E-state index contributed by atoms with van der Waals surface area (Å²) in [5, 5.41) is -0.0612. The highest BCUT2D eigenvalue weighted by Crippen LogP contribution is 2.41. The van der Waals surface area contributed by atoms with Crippen LogP contribution >= 0.6 is 12.2 Å². The van der Waals surface area contributed by atoms with E-state index >= 15 is 0 Å². The van der Waals surface area contributed by atoms with E-state index in [0.717, 1.165) is 6.07 Å². The molecule has 2 aromatic rings. The van der Waals surface area contributed by atoms with Gasteiger partial charge < -0.3 is 9.64 Å². The minimum Gasteiger partial charge on any atom is -0.430 e. The number of hydrogen-bond acceptors (Lipinski definition) is 3. The Balaban J connectivity index is 2.61. The normalized spacial score (nSPS) is 11.1. The van der Waals surface area contributed by atoms with Gasteiger partial charge in [-0.1, -0.05) is 12.1 Å². The predicted molar refractivity (Wildman–Crippen MR) is 81.6 cm³/mol. The van der Waals surface area contributed by atoms with Crippen LogP contribution < -0.4 is 4.74 Å². The first-order valence-electron chi connectivity index (χ1n) is 6.31. The van der Waals surface area contributed by atoms with Crippen molar-refractivity contribution in [2.75, 3.05) is 14.1 Å². The van der Waals surface area contributed by atoms with Crippen molar-refractivity contribution in [2.45, 2.75) is 6.18 Å². The van der Waals surface area contributed by atoms with Gasteiger partial charge >= 0.3 is 6.18 Å². The molecule has 0 amide bonds. The van der Waals surface area contributed by atoms with E-state index in [1.807, 2.05) is 0 Å². The molecule has 0 bridgehead atoms. The summed E-state index contributed by atoms with van der Waals surface area (Å²) in [6.07, 6.45) is -3.05. The molecular formula is C15H13F3N2OS. The van der Waals surface area contributed by atoms with E-state index in [9.17, 15) is 13.2 Å². The number of hydrogen-bond donors (Lipinski definition) is 0. The number of pyridine rings is 1. The highest BCUT2D eigenvalue weighted by Gasteiger charge is 2.36. The molecular weight excluding hydrogens is 313 g/mol. The lowest BCUT2D eigenvalue weighted by molar-refractivity contribution is -0.138. The summed E-state index contributed by atoms with van der Waals surface area (Å²) in [4.78, 5) is 5.50. The fourth-order valence-electron chi connectivity index (χ4n) is 1.77. The first-order chi connectivity index (χ1) is 10.3. The van der Waals surface area contributed by atoms with Crippen LogP contribution in [-0.2, 0) is 6.18 Å². The molecule has 2 rings (SSSR count). The van der Waals surface area contributed by atoms with Gasteiger partial charge in [-0.05, 0) is 36.5 Å². The summed E-state index contributed by atoms with van der Waals surface area (Å²) in [5.74, 6) is -0.340. The number of para-hydroxylation sites is 1. The molecule has 1 aromatic carbocycles. The van der Waals surface area contributed by atoms with Crippen molar-refractivity contribution in [3.05, 3.63) is 48.2 Å². The van der Waals surface area contributed by atoms with Crippen molar-refractivity contribution in [3.63, 3.8) is 0 Å². The molecule has 0 aliphatic carbocycles. The maximum absolute atomic E-state index is 13.2. The lowest BCUT2D eigenvalue weighted by Gasteiger charge is -2.20. The maximum Gasteiger partial charge on any atom is 0.420 e. The molecule has 0 saturated heterocycles. The van der Waals surface area contributed by atoms with Crippen LogP contribution in [0.3, 0.4) is 0 Å². The van der Waals surface area contributed by atoms with Gasteiger partial charge in [0.15, 0.2) is 5.75 Å². The van der Waals surface area contributed by atoms with Crippen molar-refractivity contribution in [3.8, 4) is 17.0 Å². The molecule has 0 fully saturated rings. The average molecular weight is 326 g/mol. The second kappa shape index (κ2) is 6.31. The largest absolute Gasteiger partial charge is 0.430 e. The highest BCUT2D eigenvalue weighted by molar-refractivity contribution is 7.80. The molecule has 0 unspecified atom stereocenters. The van der Waals surface area contributed by atoms with Gasteiger partial charge in [-0.15, -0.1) is 0 Å². The van der Waals surface area contributed by atoms with Crippen molar-refractivity contribution < 1.29 is 17.9 Å². The number of aromatic nitrogens is 1. The predicted octanol–water partition coefficient (Wildman–Crippen LogP) is 3.99. The summed E-state index contributed by atoms with van der Waals surface area (Å²) >= 11 is 4.97. The molecule has 1 heterocycles. The van der Waals surface area contributed by atoms with Gasteiger partial charge in [-0.2, -0.15) is 13.2 Å². The summed E-state index contributed by atoms with van der Waals surface area (Å²) in [5.41, 5.74) is -0.273. The van der Waals surface area contributed by atoms with E-state index in [2.05, 4.69) is 4.98 Å². The lowest BCUT2D eigenvalue weighted by Crippen LogP contribution is -2.26. The number of nitrogens with zero attached hydrogens (tertiary/aromatic N) is 2. The monoisotopic (exact) mass is 326 g/mol. The Labute approximate surface area is 131 Å². The fraction of sp³-hybridized carbons (Fsp3) is 0.200. The maximum atomic E-state index is 13.2. The van der Waals surface area contributed by atoms with Crippen LogP contribution in [0.25, 0.3) is 11.3 Å². The number of thiocarbonyl (C=S) groups is 1. The molecule has 0 radical (unpaired) electrons. The topological polar surface area (TPSA) is 25.4 Å². The number of alkyl halides is 3. The Morgan fingerprint density at radius 3 is 2.41 bits per heavy atom. The van der Waals surface area contributed by atoms with Crippen molar-refractivity contribution in [1.82, 2.24) is 9.88 Å².